The third-order valence-corrected chi connectivity index (χ3v) is 4.17. The van der Waals surface area contributed by atoms with Gasteiger partial charge in [-0.15, -0.1) is 0 Å². The van der Waals surface area contributed by atoms with E-state index in [9.17, 15) is 9.59 Å². The Balaban J connectivity index is 1.75. The van der Waals surface area contributed by atoms with Gasteiger partial charge in [-0.1, -0.05) is 6.92 Å². The fourth-order valence-electron chi connectivity index (χ4n) is 2.53. The predicted molar refractivity (Wildman–Crippen MR) is 70.6 cm³/mol. The molecule has 1 unspecified atom stereocenters. The van der Waals surface area contributed by atoms with Crippen LogP contribution in [0, 0.1) is 11.8 Å². The number of methoxy groups -OCH3 is 1. The molecule has 19 heavy (non-hydrogen) atoms. The summed E-state index contributed by atoms with van der Waals surface area (Å²) in [6, 6.07) is 0. The van der Waals surface area contributed by atoms with Crippen molar-refractivity contribution in [3.63, 3.8) is 0 Å². The Hall–Kier alpha value is -1.14. The fourth-order valence-corrected chi connectivity index (χ4v) is 2.53. The second-order valence-electron chi connectivity index (χ2n) is 5.38. The van der Waals surface area contributed by atoms with E-state index in [1.165, 1.54) is 7.11 Å². The molecule has 0 spiro atoms. The minimum atomic E-state index is -0.214. The van der Waals surface area contributed by atoms with Crippen molar-refractivity contribution in [2.24, 2.45) is 11.8 Å². The molecule has 0 bridgehead atoms. The average Bonchev–Trinajstić information content (AvgIpc) is 2.36. The molecule has 2 heterocycles. The van der Waals surface area contributed by atoms with E-state index in [0.717, 1.165) is 26.2 Å². The maximum Gasteiger partial charge on any atom is 0.319 e. The number of ether oxygens (including phenoxy) is 1. The zero-order valence-electron chi connectivity index (χ0n) is 11.7. The zero-order valence-corrected chi connectivity index (χ0v) is 11.7. The van der Waals surface area contributed by atoms with E-state index in [1.54, 1.807) is 0 Å². The van der Waals surface area contributed by atoms with Gasteiger partial charge in [0.1, 0.15) is 0 Å². The van der Waals surface area contributed by atoms with Gasteiger partial charge in [0, 0.05) is 32.1 Å². The lowest BCUT2D eigenvalue weighted by Crippen LogP contribution is -2.55. The number of amides is 1. The first kappa shape index (κ1) is 14.3. The Morgan fingerprint density at radius 3 is 2.37 bits per heavy atom. The molecule has 0 radical (unpaired) electrons. The third kappa shape index (κ3) is 3.45. The molecule has 2 fully saturated rings. The highest BCUT2D eigenvalue weighted by Crippen LogP contribution is 2.19. The Kier molecular flexibility index (Phi) is 4.76. The van der Waals surface area contributed by atoms with Crippen molar-refractivity contribution >= 4 is 11.9 Å². The summed E-state index contributed by atoms with van der Waals surface area (Å²) in [5, 5.41) is 3.20. The second-order valence-corrected chi connectivity index (χ2v) is 5.38. The number of esters is 1. The Morgan fingerprint density at radius 2 is 1.89 bits per heavy atom. The number of rotatable bonds is 4. The van der Waals surface area contributed by atoms with Crippen LogP contribution < -0.4 is 5.32 Å². The van der Waals surface area contributed by atoms with Gasteiger partial charge >= 0.3 is 5.97 Å². The summed E-state index contributed by atoms with van der Waals surface area (Å²) in [4.78, 5) is 27.5. The topological polar surface area (TPSA) is 61.9 Å². The highest BCUT2D eigenvalue weighted by Gasteiger charge is 2.32. The van der Waals surface area contributed by atoms with E-state index < -0.39 is 0 Å². The van der Waals surface area contributed by atoms with Gasteiger partial charge in [-0.25, -0.2) is 0 Å². The molecule has 0 aromatic rings. The van der Waals surface area contributed by atoms with Crippen molar-refractivity contribution in [1.29, 1.82) is 0 Å². The molecule has 2 saturated heterocycles. The molecule has 0 aromatic heterocycles. The van der Waals surface area contributed by atoms with Crippen LogP contribution in [0.25, 0.3) is 0 Å². The van der Waals surface area contributed by atoms with Crippen LogP contribution in [0.2, 0.25) is 0 Å². The zero-order chi connectivity index (χ0) is 13.8. The van der Waals surface area contributed by atoms with Crippen LogP contribution >= 0.6 is 0 Å². The molecule has 1 amide bonds. The van der Waals surface area contributed by atoms with Crippen molar-refractivity contribution in [3.8, 4) is 0 Å². The summed E-state index contributed by atoms with van der Waals surface area (Å²) in [5.74, 6) is 0.631. The van der Waals surface area contributed by atoms with Crippen molar-refractivity contribution in [1.82, 2.24) is 15.1 Å². The van der Waals surface area contributed by atoms with Crippen molar-refractivity contribution in [2.45, 2.75) is 6.92 Å². The van der Waals surface area contributed by atoms with E-state index in [4.69, 9.17) is 0 Å². The number of hydrogen-bond donors (Lipinski definition) is 1. The van der Waals surface area contributed by atoms with Gasteiger partial charge in [0.15, 0.2) is 0 Å². The molecule has 6 nitrogen and oxygen atoms in total. The highest BCUT2D eigenvalue weighted by molar-refractivity contribution is 5.79. The van der Waals surface area contributed by atoms with Gasteiger partial charge in [0.25, 0.3) is 0 Å². The lowest BCUT2D eigenvalue weighted by Gasteiger charge is -2.38. The van der Waals surface area contributed by atoms with E-state index in [2.05, 4.69) is 10.1 Å². The smallest absolute Gasteiger partial charge is 0.319 e. The van der Waals surface area contributed by atoms with Crippen LogP contribution in [0.1, 0.15) is 6.92 Å². The van der Waals surface area contributed by atoms with Crippen LogP contribution in [-0.4, -0.2) is 74.6 Å². The molecular weight excluding hydrogens is 246 g/mol. The lowest BCUT2D eigenvalue weighted by molar-refractivity contribution is -0.143. The first-order valence-corrected chi connectivity index (χ1v) is 6.90. The first-order chi connectivity index (χ1) is 9.11. The monoisotopic (exact) mass is 269 g/mol. The maximum absolute atomic E-state index is 12.3. The summed E-state index contributed by atoms with van der Waals surface area (Å²) in [6.45, 7) is 7.16. The minimum absolute atomic E-state index is 0.105. The van der Waals surface area contributed by atoms with Crippen LogP contribution in [0.15, 0.2) is 0 Å². The van der Waals surface area contributed by atoms with E-state index >= 15 is 0 Å². The van der Waals surface area contributed by atoms with Crippen molar-refractivity contribution < 1.29 is 14.3 Å². The molecule has 2 aliphatic heterocycles. The molecule has 1 atom stereocenters. The Bertz CT molecular complexity index is 336. The summed E-state index contributed by atoms with van der Waals surface area (Å²) in [7, 11) is 1.40. The van der Waals surface area contributed by atoms with E-state index in [-0.39, 0.29) is 17.8 Å². The normalized spacial score (nSPS) is 22.7. The maximum atomic E-state index is 12.3. The van der Waals surface area contributed by atoms with Crippen molar-refractivity contribution in [3.05, 3.63) is 0 Å². The number of piperazine rings is 1. The summed E-state index contributed by atoms with van der Waals surface area (Å²) in [6.07, 6.45) is 0. The van der Waals surface area contributed by atoms with Gasteiger partial charge in [-0.2, -0.15) is 0 Å². The quantitative estimate of drug-likeness (QED) is 0.674. The highest BCUT2D eigenvalue weighted by atomic mass is 16.5. The molecule has 1 N–H and O–H groups in total. The van der Waals surface area contributed by atoms with Crippen molar-refractivity contribution in [2.75, 3.05) is 52.9 Å². The van der Waals surface area contributed by atoms with Crippen LogP contribution in [-0.2, 0) is 14.3 Å². The molecule has 2 aliphatic rings. The average molecular weight is 269 g/mol. The van der Waals surface area contributed by atoms with Crippen LogP contribution in [0.4, 0.5) is 0 Å². The number of carbonyl (C=O) groups excluding carboxylic acids is 2. The SMILES string of the molecule is COC(=O)CN1CCN(C(=O)C(C)C2CNC2)CC1. The Labute approximate surface area is 114 Å². The largest absolute Gasteiger partial charge is 0.468 e. The van der Waals surface area contributed by atoms with Gasteiger partial charge < -0.3 is 15.0 Å². The summed E-state index contributed by atoms with van der Waals surface area (Å²) in [5.41, 5.74) is 0. The van der Waals surface area contributed by atoms with Crippen LogP contribution in [0.5, 0.6) is 0 Å². The Morgan fingerprint density at radius 1 is 1.26 bits per heavy atom. The van der Waals surface area contributed by atoms with Gasteiger partial charge in [0.2, 0.25) is 5.91 Å². The summed E-state index contributed by atoms with van der Waals surface area (Å²) >= 11 is 0. The molecule has 2 rings (SSSR count). The van der Waals surface area contributed by atoms with E-state index in [1.807, 2.05) is 16.7 Å². The number of nitrogens with zero attached hydrogens (tertiary/aromatic N) is 2. The van der Waals surface area contributed by atoms with Gasteiger partial charge in [-0.3, -0.25) is 14.5 Å². The minimum Gasteiger partial charge on any atom is -0.468 e. The number of carbonyl (C=O) groups is 2. The lowest BCUT2D eigenvalue weighted by atomic mass is 9.88. The number of hydrogen-bond acceptors (Lipinski definition) is 5. The van der Waals surface area contributed by atoms with Crippen LogP contribution in [0.3, 0.4) is 0 Å². The molecule has 108 valence electrons. The molecule has 6 heteroatoms. The standard InChI is InChI=1S/C13H23N3O3/c1-10(11-7-14-8-11)13(18)16-5-3-15(4-6-16)9-12(17)19-2/h10-11,14H,3-9H2,1-2H3. The third-order valence-electron chi connectivity index (χ3n) is 4.17. The first-order valence-electron chi connectivity index (χ1n) is 6.90. The van der Waals surface area contributed by atoms with Gasteiger partial charge in [0.05, 0.1) is 13.7 Å². The van der Waals surface area contributed by atoms with Gasteiger partial charge in [-0.05, 0) is 19.0 Å². The van der Waals surface area contributed by atoms with E-state index in [0.29, 0.717) is 25.6 Å². The molecule has 0 saturated carbocycles. The second kappa shape index (κ2) is 6.34. The predicted octanol–water partition coefficient (Wildman–Crippen LogP) is -0.841. The fraction of sp³-hybridized carbons (Fsp3) is 0.846. The summed E-state index contributed by atoms with van der Waals surface area (Å²) < 4.78 is 4.65. The molecular formula is C13H23N3O3. The molecule has 0 aromatic carbocycles. The molecule has 0 aliphatic carbocycles. The number of nitrogens with one attached hydrogen (secondary N) is 1.